The van der Waals surface area contributed by atoms with Crippen molar-refractivity contribution in [2.24, 2.45) is 7.05 Å². The number of carbonyl (C=O) groups is 6. The molecule has 384 valence electrons. The van der Waals surface area contributed by atoms with Crippen molar-refractivity contribution in [1.29, 1.82) is 5.26 Å². The Kier molecular flexibility index (Phi) is 17.4. The lowest BCUT2D eigenvalue weighted by Gasteiger charge is -2.37. The first-order valence-corrected chi connectivity index (χ1v) is 24.5. The zero-order valence-electron chi connectivity index (χ0n) is 40.9. The molecular formula is C54H57N9O11. The summed E-state index contributed by atoms with van der Waals surface area (Å²) in [6.07, 6.45) is 7.08. The van der Waals surface area contributed by atoms with Gasteiger partial charge in [0.15, 0.2) is 6.61 Å². The summed E-state index contributed by atoms with van der Waals surface area (Å²) in [5.41, 5.74) is 3.92. The minimum absolute atomic E-state index is 0.00149. The monoisotopic (exact) mass is 1010 g/mol. The molecule has 74 heavy (non-hydrogen) atoms. The van der Waals surface area contributed by atoms with E-state index in [1.807, 2.05) is 59.5 Å². The van der Waals surface area contributed by atoms with Crippen molar-refractivity contribution in [3.63, 3.8) is 0 Å². The van der Waals surface area contributed by atoms with E-state index < -0.39 is 42.2 Å². The highest BCUT2D eigenvalue weighted by atomic mass is 16.5. The maximum atomic E-state index is 14.1. The molecule has 0 radical (unpaired) electrons. The number of carbonyl (C=O) groups excluding carboxylic acids is 6. The third-order valence-corrected chi connectivity index (χ3v) is 12.9. The Morgan fingerprint density at radius 1 is 0.797 bits per heavy atom. The number of fused-ring (bicyclic) bond motifs is 1. The van der Waals surface area contributed by atoms with Gasteiger partial charge in [0.05, 0.1) is 36.5 Å². The van der Waals surface area contributed by atoms with E-state index in [-0.39, 0.29) is 53.4 Å². The van der Waals surface area contributed by atoms with Crippen molar-refractivity contribution in [2.75, 3.05) is 56.4 Å². The van der Waals surface area contributed by atoms with Crippen LogP contribution < -0.4 is 41.2 Å². The molecule has 2 aromatic heterocycles. The summed E-state index contributed by atoms with van der Waals surface area (Å²) < 4.78 is 24.3. The predicted molar refractivity (Wildman–Crippen MR) is 270 cm³/mol. The topological polar surface area (TPSA) is 253 Å². The van der Waals surface area contributed by atoms with Crippen LogP contribution in [0.2, 0.25) is 0 Å². The Bertz CT molecular complexity index is 2930. The smallest absolute Gasteiger partial charge is 0.322 e. The summed E-state index contributed by atoms with van der Waals surface area (Å²) in [5.74, 6) is -1.60. The summed E-state index contributed by atoms with van der Waals surface area (Å²) >= 11 is 0. The molecule has 4 N–H and O–H groups in total. The van der Waals surface area contributed by atoms with Gasteiger partial charge in [-0.3, -0.25) is 43.9 Å². The van der Waals surface area contributed by atoms with Gasteiger partial charge in [0.1, 0.15) is 36.0 Å². The van der Waals surface area contributed by atoms with E-state index in [0.29, 0.717) is 69.7 Å². The zero-order chi connectivity index (χ0) is 52.0. The Labute approximate surface area is 426 Å². The Hall–Kier alpha value is -8.41. The van der Waals surface area contributed by atoms with Crippen LogP contribution in [0, 0.1) is 11.3 Å². The van der Waals surface area contributed by atoms with Crippen LogP contribution in [0.1, 0.15) is 76.8 Å². The minimum Gasteiger partial charge on any atom is -0.491 e. The molecule has 4 heterocycles. The Morgan fingerprint density at radius 3 is 2.26 bits per heavy atom. The first-order valence-electron chi connectivity index (χ1n) is 24.5. The number of nitriles is 1. The number of rotatable bonds is 22. The van der Waals surface area contributed by atoms with Crippen molar-refractivity contribution in [2.45, 2.75) is 69.6 Å². The molecule has 20 nitrogen and oxygen atoms in total. The van der Waals surface area contributed by atoms with Crippen molar-refractivity contribution >= 4 is 47.1 Å². The van der Waals surface area contributed by atoms with E-state index in [0.717, 1.165) is 53.0 Å². The number of ether oxygens (including phenoxy) is 4. The fourth-order valence-electron chi connectivity index (χ4n) is 9.01. The number of nitrogens with zero attached hydrogens (tertiary/aromatic N) is 5. The van der Waals surface area contributed by atoms with Crippen LogP contribution in [-0.4, -0.2) is 114 Å². The average Bonchev–Trinajstić information content (AvgIpc) is 3.67. The number of hydrogen-bond donors (Lipinski definition) is 4. The number of benzene rings is 3. The molecule has 8 rings (SSSR count). The summed E-state index contributed by atoms with van der Waals surface area (Å²) in [4.78, 5) is 95.9. The molecule has 1 atom stereocenters. The van der Waals surface area contributed by atoms with Crippen LogP contribution in [0.3, 0.4) is 0 Å². The maximum absolute atomic E-state index is 14.1. The van der Waals surface area contributed by atoms with Gasteiger partial charge in [-0.2, -0.15) is 5.26 Å². The standard InChI is InChI=1S/C54H57N9O11/c1-61-33-38(11-23-49(61)66)37-9-14-40(15-10-37)62(41-16-12-39(13-17-41)59-46-21-8-36(30-55)32-57-46)54(70)58-31-35-6-18-42(19-7-35)73-29-28-72-27-26-71-25-3-24-56-48(65)34-74-45-5-2-4-43-50(45)53(69)63(52(43)68)44-20-22-47(64)60-51(44)67/h2,4-11,14-15,18-19,21,23,32-33,39,41,44H,3,12-13,16-17,20,22,24-29,31,34H2,1H3,(H,56,65)(H,57,59)(H,58,70)(H,60,64,67)/t39-,41-,44?. The highest BCUT2D eigenvalue weighted by Crippen LogP contribution is 2.34. The van der Waals surface area contributed by atoms with Gasteiger partial charge < -0.3 is 39.5 Å². The number of anilines is 2. The lowest BCUT2D eigenvalue weighted by Crippen LogP contribution is -2.54. The lowest BCUT2D eigenvalue weighted by atomic mass is 9.89. The number of hydrogen-bond acceptors (Lipinski definition) is 14. The molecule has 1 saturated carbocycles. The maximum Gasteiger partial charge on any atom is 0.322 e. The van der Waals surface area contributed by atoms with Gasteiger partial charge in [0.2, 0.25) is 17.4 Å². The van der Waals surface area contributed by atoms with Crippen molar-refractivity contribution in [3.05, 3.63) is 136 Å². The number of nitrogens with one attached hydrogen (secondary N) is 4. The second kappa shape index (κ2) is 24.8. The first-order chi connectivity index (χ1) is 35.9. The molecular weight excluding hydrogens is 951 g/mol. The third-order valence-electron chi connectivity index (χ3n) is 12.9. The van der Waals surface area contributed by atoms with Gasteiger partial charge >= 0.3 is 6.03 Å². The van der Waals surface area contributed by atoms with Gasteiger partial charge in [-0.05, 0) is 110 Å². The summed E-state index contributed by atoms with van der Waals surface area (Å²) in [6, 6.07) is 27.5. The van der Waals surface area contributed by atoms with Crippen LogP contribution in [0.25, 0.3) is 11.1 Å². The molecule has 2 fully saturated rings. The van der Waals surface area contributed by atoms with E-state index in [4.69, 9.17) is 24.2 Å². The lowest BCUT2D eigenvalue weighted by molar-refractivity contribution is -0.136. The van der Waals surface area contributed by atoms with Crippen molar-refractivity contribution < 1.29 is 47.7 Å². The molecule has 0 spiro atoms. The number of amides is 7. The van der Waals surface area contributed by atoms with Crippen LogP contribution in [0.5, 0.6) is 11.5 Å². The van der Waals surface area contributed by atoms with Gasteiger partial charge in [-0.15, -0.1) is 0 Å². The molecule has 0 bridgehead atoms. The van der Waals surface area contributed by atoms with Gasteiger partial charge in [0, 0.05) is 69.4 Å². The number of urea groups is 1. The Balaban J connectivity index is 0.711. The van der Waals surface area contributed by atoms with E-state index in [9.17, 15) is 33.6 Å². The molecule has 3 aliphatic rings. The molecule has 7 amide bonds. The quantitative estimate of drug-likeness (QED) is 0.0534. The number of piperidine rings is 1. The van der Waals surface area contributed by atoms with E-state index in [1.54, 1.807) is 31.6 Å². The van der Waals surface area contributed by atoms with Gasteiger partial charge in [-0.1, -0.05) is 30.3 Å². The zero-order valence-corrected chi connectivity index (χ0v) is 40.9. The summed E-state index contributed by atoms with van der Waals surface area (Å²) in [6.45, 7) is 1.92. The SMILES string of the molecule is Cn1cc(-c2ccc(N(C(=O)NCc3ccc(OCCOCCOCCCNC(=O)COc4cccc5c4C(=O)N(C4CCC(=O)NC4=O)C5=O)cc3)[C@H]3CC[C@H](Nc4ccc(C#N)cn4)CC3)cc2)ccc1=O. The van der Waals surface area contributed by atoms with Crippen LogP contribution in [0.15, 0.2) is 108 Å². The highest BCUT2D eigenvalue weighted by molar-refractivity contribution is 6.24. The minimum atomic E-state index is -1.11. The molecule has 5 aromatic rings. The van der Waals surface area contributed by atoms with Crippen molar-refractivity contribution in [1.82, 2.24) is 30.4 Å². The normalized spacial score (nSPS) is 17.2. The number of aromatic nitrogens is 2. The van der Waals surface area contributed by atoms with E-state index in [2.05, 4.69) is 32.3 Å². The van der Waals surface area contributed by atoms with E-state index >= 15 is 0 Å². The largest absolute Gasteiger partial charge is 0.491 e. The molecule has 3 aromatic carbocycles. The van der Waals surface area contributed by atoms with Crippen LogP contribution >= 0.6 is 0 Å². The predicted octanol–water partition coefficient (Wildman–Crippen LogP) is 4.86. The summed E-state index contributed by atoms with van der Waals surface area (Å²) in [5, 5.41) is 20.6. The fourth-order valence-corrected chi connectivity index (χ4v) is 9.01. The second-order valence-corrected chi connectivity index (χ2v) is 18.0. The number of aryl methyl sites for hydroxylation is 1. The second-order valence-electron chi connectivity index (χ2n) is 18.0. The summed E-state index contributed by atoms with van der Waals surface area (Å²) in [7, 11) is 1.72. The molecule has 20 heteroatoms. The van der Waals surface area contributed by atoms with E-state index in [1.165, 1.54) is 28.8 Å². The molecule has 1 unspecified atom stereocenters. The molecule has 1 aliphatic carbocycles. The third kappa shape index (κ3) is 13.2. The Morgan fingerprint density at radius 2 is 1.54 bits per heavy atom. The number of imide groups is 2. The van der Waals surface area contributed by atoms with Crippen LogP contribution in [-0.2, 0) is 37.4 Å². The molecule has 1 saturated heterocycles. The van der Waals surface area contributed by atoms with Gasteiger partial charge in [-0.25, -0.2) is 9.78 Å². The first kappa shape index (κ1) is 51.9. The fraction of sp³-hybridized carbons (Fsp3) is 0.352. The molecule has 2 aliphatic heterocycles. The number of pyridine rings is 2. The average molecular weight is 1010 g/mol. The van der Waals surface area contributed by atoms with Gasteiger partial charge in [0.25, 0.3) is 17.7 Å². The van der Waals surface area contributed by atoms with Crippen LogP contribution in [0.4, 0.5) is 16.3 Å². The highest BCUT2D eigenvalue weighted by Gasteiger charge is 2.46. The van der Waals surface area contributed by atoms with Crippen molar-refractivity contribution in [3.8, 4) is 28.7 Å².